The van der Waals surface area contributed by atoms with Gasteiger partial charge in [-0.2, -0.15) is 16.8 Å². The van der Waals surface area contributed by atoms with E-state index in [1.54, 1.807) is 0 Å². The van der Waals surface area contributed by atoms with Gasteiger partial charge in [0.05, 0.1) is 6.61 Å². The van der Waals surface area contributed by atoms with Crippen molar-refractivity contribution in [3.63, 3.8) is 0 Å². The Hall–Kier alpha value is 0.170. The Bertz CT molecular complexity index is 626. The quantitative estimate of drug-likeness (QED) is 0.115. The summed E-state index contributed by atoms with van der Waals surface area (Å²) in [7, 11) is -8.90. The minimum atomic E-state index is -4.67. The Morgan fingerprint density at radius 3 is 1.47 bits per heavy atom. The molecule has 0 aliphatic carbocycles. The molecule has 14 heteroatoms. The van der Waals surface area contributed by atoms with Crippen molar-refractivity contribution in [1.29, 1.82) is 0 Å². The molecule has 0 radical (unpaired) electrons. The molecule has 0 aromatic heterocycles. The molecule has 6 N–H and O–H groups in total. The van der Waals surface area contributed by atoms with Crippen LogP contribution in [-0.4, -0.2) is 54.2 Å². The molecular weight excluding hydrogens is 477 g/mol. The van der Waals surface area contributed by atoms with Crippen molar-refractivity contribution in [3.05, 3.63) is 0 Å². The van der Waals surface area contributed by atoms with Crippen molar-refractivity contribution < 1.29 is 75.6 Å². The summed E-state index contributed by atoms with van der Waals surface area (Å²) >= 11 is 0. The van der Waals surface area contributed by atoms with Crippen LogP contribution in [0.1, 0.15) is 92.8 Å². The summed E-state index contributed by atoms with van der Waals surface area (Å²) in [4.78, 5) is 10.1. The third-order valence-electron chi connectivity index (χ3n) is 3.77. The van der Waals surface area contributed by atoms with E-state index in [9.17, 15) is 13.2 Å². The summed E-state index contributed by atoms with van der Waals surface area (Å²) in [5, 5.41) is 8.31. The van der Waals surface area contributed by atoms with E-state index in [1.165, 1.54) is 44.9 Å². The van der Waals surface area contributed by atoms with E-state index < -0.39 is 32.8 Å². The Morgan fingerprint density at radius 2 is 1.22 bits per heavy atom. The molecule has 1 unspecified atom stereocenters. The number of nitrogens with two attached hydrogens (primary N) is 1. The summed E-state index contributed by atoms with van der Waals surface area (Å²) in [6, 6.07) is -0.690. The fourth-order valence-electron chi connectivity index (χ4n) is 2.36. The first-order valence-electron chi connectivity index (χ1n) is 10.4. The number of carboxylic acids is 1. The van der Waals surface area contributed by atoms with Crippen LogP contribution in [0.5, 0.6) is 0 Å². The maximum Gasteiger partial charge on any atom is 1.00 e. The van der Waals surface area contributed by atoms with E-state index in [0.29, 0.717) is 18.8 Å². The minimum Gasteiger partial charge on any atom is -1.00 e. The van der Waals surface area contributed by atoms with Crippen molar-refractivity contribution >= 4 is 26.8 Å². The third kappa shape index (κ3) is 52.2. The van der Waals surface area contributed by atoms with Crippen molar-refractivity contribution in [2.45, 2.75) is 97.4 Å². The Kier molecular flexibility index (Phi) is 29.9. The zero-order valence-corrected chi connectivity index (χ0v) is 23.4. The number of hydrogen-bond donors (Lipinski definition) is 5. The zero-order chi connectivity index (χ0) is 24.9. The average molecular weight is 520 g/mol. The van der Waals surface area contributed by atoms with Gasteiger partial charge < -0.3 is 12.3 Å². The largest absolute Gasteiger partial charge is 1.00 e. The van der Waals surface area contributed by atoms with E-state index in [4.69, 9.17) is 32.9 Å². The first-order valence-corrected chi connectivity index (χ1v) is 13.2. The smallest absolute Gasteiger partial charge is 1.00 e. The van der Waals surface area contributed by atoms with E-state index in [1.807, 2.05) is 13.8 Å². The van der Waals surface area contributed by atoms with E-state index in [0.717, 1.165) is 12.8 Å². The summed E-state index contributed by atoms with van der Waals surface area (Å²) in [5.41, 5.74) is 5.22. The number of hydrogen-bond acceptors (Lipinski definition) is 7. The van der Waals surface area contributed by atoms with E-state index >= 15 is 0 Å². The topological polar surface area (TPSA) is 202 Å². The SMILES string of the molecule is CC(C)CC(N)C(=O)O.CCCCCCCCCCCCOS(=O)(=O)O.O=S(=O)(O)O.[H-].[Na+]. The monoisotopic (exact) mass is 519 g/mol. The molecule has 0 aliphatic rings. The second-order valence-corrected chi connectivity index (χ2v) is 9.44. The molecule has 32 heavy (non-hydrogen) atoms. The van der Waals surface area contributed by atoms with Gasteiger partial charge in [0.2, 0.25) is 0 Å². The summed E-state index contributed by atoms with van der Waals surface area (Å²) < 4.78 is 64.6. The molecular formula is C18H42NNaO10S2. The molecule has 0 saturated carbocycles. The molecule has 0 spiro atoms. The van der Waals surface area contributed by atoms with Gasteiger partial charge in [-0.3, -0.25) is 18.5 Å². The van der Waals surface area contributed by atoms with Crippen LogP contribution in [0.3, 0.4) is 0 Å². The fourth-order valence-corrected chi connectivity index (χ4v) is 2.69. The zero-order valence-electron chi connectivity index (χ0n) is 20.8. The van der Waals surface area contributed by atoms with Gasteiger partial charge in [0.1, 0.15) is 6.04 Å². The van der Waals surface area contributed by atoms with Crippen LogP contribution in [0.4, 0.5) is 0 Å². The Balaban J connectivity index is -0.000000138. The standard InChI is InChI=1S/C12H26O4S.C6H13NO2.Na.H2O4S.H/c1-2-3-4-5-6-7-8-9-10-11-12-16-17(13,14)15;1-4(2)3-5(7)6(8)9;;1-5(2,3)4;/h2-12H2,1H3,(H,13,14,15);4-5H,3,7H2,1-2H3,(H,8,9);;(H2,1,2,3,4);/q;;+1;;-1. The molecule has 0 heterocycles. The molecule has 1 atom stereocenters. The van der Waals surface area contributed by atoms with Crippen molar-refractivity contribution in [2.24, 2.45) is 11.7 Å². The molecule has 0 aliphatic heterocycles. The molecule has 0 aromatic carbocycles. The van der Waals surface area contributed by atoms with Crippen LogP contribution in [-0.2, 0) is 29.8 Å². The van der Waals surface area contributed by atoms with Gasteiger partial charge >= 0.3 is 56.3 Å². The molecule has 0 aromatic rings. The van der Waals surface area contributed by atoms with Crippen LogP contribution < -0.4 is 35.3 Å². The molecule has 192 valence electrons. The van der Waals surface area contributed by atoms with Crippen LogP contribution in [0, 0.1) is 5.92 Å². The number of aliphatic carboxylic acids is 1. The molecule has 0 saturated heterocycles. The average Bonchev–Trinajstić information content (AvgIpc) is 2.57. The number of rotatable bonds is 15. The summed E-state index contributed by atoms with van der Waals surface area (Å²) in [5.74, 6) is -0.556. The molecule has 0 rings (SSSR count). The van der Waals surface area contributed by atoms with E-state index in [-0.39, 0.29) is 37.6 Å². The molecule has 0 fully saturated rings. The van der Waals surface area contributed by atoms with Gasteiger partial charge in [-0.05, 0) is 18.8 Å². The predicted octanol–water partition coefficient (Wildman–Crippen LogP) is 0.635. The van der Waals surface area contributed by atoms with Crippen LogP contribution in [0.25, 0.3) is 0 Å². The second kappa shape index (κ2) is 24.3. The number of carbonyl (C=O) groups is 1. The predicted molar refractivity (Wildman–Crippen MR) is 120 cm³/mol. The fraction of sp³-hybridized carbons (Fsp3) is 0.944. The van der Waals surface area contributed by atoms with Crippen molar-refractivity contribution in [3.8, 4) is 0 Å². The van der Waals surface area contributed by atoms with Crippen molar-refractivity contribution in [1.82, 2.24) is 0 Å². The maximum atomic E-state index is 10.2. The van der Waals surface area contributed by atoms with Crippen LogP contribution in [0.2, 0.25) is 0 Å². The molecule has 0 bridgehead atoms. The van der Waals surface area contributed by atoms with Crippen LogP contribution in [0.15, 0.2) is 0 Å². The van der Waals surface area contributed by atoms with E-state index in [2.05, 4.69) is 11.1 Å². The van der Waals surface area contributed by atoms with Crippen molar-refractivity contribution in [2.75, 3.05) is 6.61 Å². The van der Waals surface area contributed by atoms with Gasteiger partial charge in [0.25, 0.3) is 0 Å². The minimum absolute atomic E-state index is 0. The first kappa shape index (κ1) is 39.4. The third-order valence-corrected chi connectivity index (χ3v) is 4.24. The normalized spacial score (nSPS) is 12.0. The van der Waals surface area contributed by atoms with Gasteiger partial charge in [0, 0.05) is 0 Å². The number of carboxylic acid groups (broad SMARTS) is 1. The Morgan fingerprint density at radius 1 is 0.875 bits per heavy atom. The summed E-state index contributed by atoms with van der Waals surface area (Å²) in [6.45, 7) is 6.20. The Labute approximate surface area is 217 Å². The number of unbranched alkanes of at least 4 members (excludes halogenated alkanes) is 9. The first-order chi connectivity index (χ1) is 14.1. The van der Waals surface area contributed by atoms with Gasteiger partial charge in [0.15, 0.2) is 0 Å². The molecule has 0 amide bonds. The van der Waals surface area contributed by atoms with Gasteiger partial charge in [-0.1, -0.05) is 78.6 Å². The van der Waals surface area contributed by atoms with Gasteiger partial charge in [-0.15, -0.1) is 0 Å². The van der Waals surface area contributed by atoms with Crippen LogP contribution >= 0.6 is 0 Å². The van der Waals surface area contributed by atoms with Gasteiger partial charge in [-0.25, -0.2) is 4.18 Å². The maximum absolute atomic E-state index is 10.2. The molecule has 11 nitrogen and oxygen atoms in total. The summed E-state index contributed by atoms with van der Waals surface area (Å²) in [6.07, 6.45) is 12.4. The second-order valence-electron chi connectivity index (χ2n) is 7.45.